The summed E-state index contributed by atoms with van der Waals surface area (Å²) in [6, 6.07) is 6.85. The Bertz CT molecular complexity index is 995. The number of ketones is 1. The molecular weight excluding hydrogens is 424 g/mol. The molecule has 180 valence electrons. The molecule has 0 saturated carbocycles. The third kappa shape index (κ3) is 6.01. The predicted octanol–water partition coefficient (Wildman–Crippen LogP) is 3.67. The summed E-state index contributed by atoms with van der Waals surface area (Å²) in [6.07, 6.45) is 0.595. The summed E-state index contributed by atoms with van der Waals surface area (Å²) >= 11 is 0. The van der Waals surface area contributed by atoms with Gasteiger partial charge in [-0.15, -0.1) is 0 Å². The summed E-state index contributed by atoms with van der Waals surface area (Å²) in [5, 5.41) is 0. The van der Waals surface area contributed by atoms with Crippen molar-refractivity contribution in [1.29, 1.82) is 0 Å². The maximum atomic E-state index is 13.4. The topological polar surface area (TPSA) is 87.1 Å². The SMILES string of the molecule is CCOCCCN(CC(=O)c1c(C)c(C(=O)OC)n(CC)c1C)C(=O)c1cccc(OC)c1. The molecule has 0 fully saturated rings. The molecule has 0 saturated heterocycles. The Morgan fingerprint density at radius 1 is 1.09 bits per heavy atom. The third-order valence-corrected chi connectivity index (χ3v) is 5.60. The van der Waals surface area contributed by atoms with Gasteiger partial charge < -0.3 is 23.7 Å². The van der Waals surface area contributed by atoms with Crippen molar-refractivity contribution >= 4 is 17.7 Å². The van der Waals surface area contributed by atoms with E-state index in [4.69, 9.17) is 14.2 Å². The summed E-state index contributed by atoms with van der Waals surface area (Å²) in [7, 11) is 2.86. The van der Waals surface area contributed by atoms with Gasteiger partial charge >= 0.3 is 5.97 Å². The van der Waals surface area contributed by atoms with Crippen LogP contribution in [-0.2, 0) is 16.0 Å². The van der Waals surface area contributed by atoms with Crippen LogP contribution in [0.5, 0.6) is 5.75 Å². The summed E-state index contributed by atoms with van der Waals surface area (Å²) < 4.78 is 17.3. The lowest BCUT2D eigenvalue weighted by molar-refractivity contribution is 0.0587. The van der Waals surface area contributed by atoms with Gasteiger partial charge in [0.25, 0.3) is 5.91 Å². The van der Waals surface area contributed by atoms with E-state index in [2.05, 4.69) is 0 Å². The monoisotopic (exact) mass is 458 g/mol. The molecule has 0 N–H and O–H groups in total. The lowest BCUT2D eigenvalue weighted by atomic mass is 10.0. The van der Waals surface area contributed by atoms with E-state index in [0.717, 1.165) is 0 Å². The van der Waals surface area contributed by atoms with Crippen molar-refractivity contribution in [2.45, 2.75) is 40.7 Å². The zero-order valence-electron chi connectivity index (χ0n) is 20.4. The fourth-order valence-electron chi connectivity index (χ4n) is 4.01. The minimum absolute atomic E-state index is 0.113. The highest BCUT2D eigenvalue weighted by Gasteiger charge is 2.28. The maximum Gasteiger partial charge on any atom is 0.354 e. The van der Waals surface area contributed by atoms with Crippen molar-refractivity contribution in [3.8, 4) is 5.75 Å². The van der Waals surface area contributed by atoms with E-state index in [0.29, 0.717) is 66.6 Å². The first-order valence-electron chi connectivity index (χ1n) is 11.1. The molecule has 2 aromatic rings. The molecule has 0 radical (unpaired) electrons. The summed E-state index contributed by atoms with van der Waals surface area (Å²) in [5.41, 5.74) is 2.50. The number of aromatic nitrogens is 1. The largest absolute Gasteiger partial charge is 0.497 e. The van der Waals surface area contributed by atoms with Gasteiger partial charge in [-0.25, -0.2) is 4.79 Å². The molecule has 1 amide bonds. The molecule has 0 atom stereocenters. The van der Waals surface area contributed by atoms with Gasteiger partial charge in [-0.3, -0.25) is 9.59 Å². The summed E-state index contributed by atoms with van der Waals surface area (Å²) in [4.78, 5) is 40.6. The van der Waals surface area contributed by atoms with Crippen molar-refractivity contribution < 1.29 is 28.6 Å². The number of carbonyl (C=O) groups is 3. The Morgan fingerprint density at radius 3 is 2.42 bits per heavy atom. The number of ether oxygens (including phenoxy) is 3. The van der Waals surface area contributed by atoms with Crippen LogP contribution in [0.25, 0.3) is 0 Å². The number of benzene rings is 1. The van der Waals surface area contributed by atoms with Crippen molar-refractivity contribution in [3.63, 3.8) is 0 Å². The van der Waals surface area contributed by atoms with Crippen LogP contribution in [0.1, 0.15) is 62.7 Å². The van der Waals surface area contributed by atoms with Gasteiger partial charge in [0, 0.05) is 43.1 Å². The standard InChI is InChI=1S/C25H34N2O6/c1-7-27-18(4)22(17(3)23(27)25(30)32-6)21(28)16-26(13-10-14-33-8-2)24(29)19-11-9-12-20(15-19)31-5/h9,11-12,15H,7-8,10,13-14,16H2,1-6H3. The van der Waals surface area contributed by atoms with Crippen molar-refractivity contribution in [3.05, 3.63) is 52.3 Å². The van der Waals surface area contributed by atoms with Crippen LogP contribution in [-0.4, -0.2) is 67.6 Å². The minimum atomic E-state index is -0.488. The van der Waals surface area contributed by atoms with E-state index in [9.17, 15) is 14.4 Å². The van der Waals surface area contributed by atoms with E-state index < -0.39 is 5.97 Å². The van der Waals surface area contributed by atoms with Crippen molar-refractivity contribution in [2.24, 2.45) is 0 Å². The number of carbonyl (C=O) groups excluding carboxylic acids is 3. The van der Waals surface area contributed by atoms with E-state index in [1.54, 1.807) is 42.7 Å². The molecule has 1 aromatic carbocycles. The molecular formula is C25H34N2O6. The summed E-state index contributed by atoms with van der Waals surface area (Å²) in [6.45, 7) is 9.19. The molecule has 0 aliphatic carbocycles. The number of hydrogen-bond donors (Lipinski definition) is 0. The molecule has 8 heteroatoms. The lowest BCUT2D eigenvalue weighted by Crippen LogP contribution is -2.37. The summed E-state index contributed by atoms with van der Waals surface area (Å²) in [5.74, 6) is -0.416. The smallest absolute Gasteiger partial charge is 0.354 e. The molecule has 33 heavy (non-hydrogen) atoms. The number of methoxy groups -OCH3 is 2. The first-order chi connectivity index (χ1) is 15.8. The van der Waals surface area contributed by atoms with E-state index in [-0.39, 0.29) is 18.2 Å². The fraction of sp³-hybridized carbons (Fsp3) is 0.480. The van der Waals surface area contributed by atoms with Crippen LogP contribution >= 0.6 is 0 Å². The quantitative estimate of drug-likeness (QED) is 0.274. The van der Waals surface area contributed by atoms with Gasteiger partial charge in [0.15, 0.2) is 5.78 Å². The molecule has 8 nitrogen and oxygen atoms in total. The first kappa shape index (κ1) is 26.1. The van der Waals surface area contributed by atoms with Gasteiger partial charge in [-0.05, 0) is 57.9 Å². The molecule has 2 rings (SSSR count). The molecule has 0 aliphatic rings. The zero-order valence-corrected chi connectivity index (χ0v) is 20.4. The van der Waals surface area contributed by atoms with Gasteiger partial charge in [0.1, 0.15) is 11.4 Å². The number of hydrogen-bond acceptors (Lipinski definition) is 6. The van der Waals surface area contributed by atoms with E-state index >= 15 is 0 Å². The number of nitrogens with zero attached hydrogens (tertiary/aromatic N) is 2. The Balaban J connectivity index is 2.37. The van der Waals surface area contributed by atoms with Crippen LogP contribution in [0.2, 0.25) is 0 Å². The Labute approximate surface area is 195 Å². The molecule has 0 unspecified atom stereocenters. The number of amides is 1. The van der Waals surface area contributed by atoms with Gasteiger partial charge in [0.05, 0.1) is 20.8 Å². The predicted molar refractivity (Wildman–Crippen MR) is 125 cm³/mol. The minimum Gasteiger partial charge on any atom is -0.497 e. The van der Waals surface area contributed by atoms with E-state index in [1.165, 1.54) is 19.1 Å². The molecule has 0 spiro atoms. The molecule has 0 bridgehead atoms. The van der Waals surface area contributed by atoms with Gasteiger partial charge in [-0.2, -0.15) is 0 Å². The second-order valence-electron chi connectivity index (χ2n) is 7.60. The average Bonchev–Trinajstić information content (AvgIpc) is 3.08. The highest BCUT2D eigenvalue weighted by Crippen LogP contribution is 2.24. The fourth-order valence-corrected chi connectivity index (χ4v) is 4.01. The van der Waals surface area contributed by atoms with Crippen LogP contribution in [0.3, 0.4) is 0 Å². The Hall–Kier alpha value is -3.13. The van der Waals surface area contributed by atoms with Crippen molar-refractivity contribution in [1.82, 2.24) is 9.47 Å². The Morgan fingerprint density at radius 2 is 1.82 bits per heavy atom. The maximum absolute atomic E-state index is 13.4. The number of rotatable bonds is 12. The van der Waals surface area contributed by atoms with Crippen LogP contribution < -0.4 is 4.74 Å². The highest BCUT2D eigenvalue weighted by atomic mass is 16.5. The second kappa shape index (κ2) is 12.2. The van der Waals surface area contributed by atoms with E-state index in [1.807, 2.05) is 13.8 Å². The highest BCUT2D eigenvalue weighted by molar-refractivity contribution is 6.06. The zero-order chi connectivity index (χ0) is 24.5. The van der Waals surface area contributed by atoms with Crippen LogP contribution in [0, 0.1) is 13.8 Å². The first-order valence-corrected chi connectivity index (χ1v) is 11.1. The third-order valence-electron chi connectivity index (χ3n) is 5.60. The number of Topliss-reactive ketones (excluding diaryl/α,β-unsaturated/α-hetero) is 1. The normalized spacial score (nSPS) is 10.7. The van der Waals surface area contributed by atoms with Gasteiger partial charge in [-0.1, -0.05) is 6.07 Å². The second-order valence-corrected chi connectivity index (χ2v) is 7.60. The molecule has 0 aliphatic heterocycles. The average molecular weight is 459 g/mol. The molecule has 1 aromatic heterocycles. The van der Waals surface area contributed by atoms with Crippen LogP contribution in [0.4, 0.5) is 0 Å². The lowest BCUT2D eigenvalue weighted by Gasteiger charge is -2.22. The Kier molecular flexibility index (Phi) is 9.66. The van der Waals surface area contributed by atoms with Gasteiger partial charge in [0.2, 0.25) is 0 Å². The van der Waals surface area contributed by atoms with Crippen molar-refractivity contribution in [2.75, 3.05) is 40.5 Å². The van der Waals surface area contributed by atoms with Crippen LogP contribution in [0.15, 0.2) is 24.3 Å². The number of esters is 1. The molecule has 1 heterocycles.